The molecule has 0 radical (unpaired) electrons. The molecule has 152 valence electrons. The highest BCUT2D eigenvalue weighted by atomic mass is 35.5. The number of amides is 1. The second-order valence-corrected chi connectivity index (χ2v) is 9.49. The molecule has 1 aromatic heterocycles. The van der Waals surface area contributed by atoms with Crippen molar-refractivity contribution in [1.29, 1.82) is 5.26 Å². The smallest absolute Gasteiger partial charge is 0.268 e. The second-order valence-electron chi connectivity index (χ2n) is 7.93. The summed E-state index contributed by atoms with van der Waals surface area (Å²) in [5, 5.41) is 13.3. The molecule has 0 aliphatic heterocycles. The second kappa shape index (κ2) is 9.25. The molecule has 0 saturated carbocycles. The first-order valence-corrected chi connectivity index (χ1v) is 10.7. The van der Waals surface area contributed by atoms with E-state index in [2.05, 4.69) is 31.1 Å². The van der Waals surface area contributed by atoms with Gasteiger partial charge in [-0.05, 0) is 40.3 Å². The first-order valence-electron chi connectivity index (χ1n) is 9.47. The van der Waals surface area contributed by atoms with Crippen LogP contribution in [0.2, 0.25) is 5.02 Å². The predicted octanol–water partition coefficient (Wildman–Crippen LogP) is 6.23. The Hall–Kier alpha value is -2.94. The standard InChI is InChI=1S/C24H22ClN3OS/c1-24(2,3)19-9-7-16(8-10-19)11-18(14-26)22(29)28-23-27-15-21(30-23)13-17-5-4-6-20(25)12-17/h4-12,15H,13H2,1-3H3,(H,27,28,29)/b18-11+. The van der Waals surface area contributed by atoms with Crippen LogP contribution in [0.15, 0.2) is 60.3 Å². The van der Waals surface area contributed by atoms with Crippen LogP contribution in [0.4, 0.5) is 5.13 Å². The van der Waals surface area contributed by atoms with Crippen molar-refractivity contribution in [3.8, 4) is 6.07 Å². The van der Waals surface area contributed by atoms with E-state index in [9.17, 15) is 10.1 Å². The average Bonchev–Trinajstić information content (AvgIpc) is 3.12. The van der Waals surface area contributed by atoms with Crippen LogP contribution in [0.5, 0.6) is 0 Å². The molecule has 2 aromatic carbocycles. The molecule has 0 spiro atoms. The van der Waals surface area contributed by atoms with E-state index < -0.39 is 5.91 Å². The van der Waals surface area contributed by atoms with Crippen LogP contribution in [-0.4, -0.2) is 10.9 Å². The van der Waals surface area contributed by atoms with Crippen molar-refractivity contribution in [2.75, 3.05) is 5.32 Å². The molecule has 0 atom stereocenters. The van der Waals surface area contributed by atoms with E-state index in [0.717, 1.165) is 16.0 Å². The predicted molar refractivity (Wildman–Crippen MR) is 124 cm³/mol. The van der Waals surface area contributed by atoms with E-state index in [1.165, 1.54) is 16.9 Å². The Morgan fingerprint density at radius 1 is 1.23 bits per heavy atom. The number of thiazole rings is 1. The fourth-order valence-electron chi connectivity index (χ4n) is 2.85. The number of halogens is 1. The average molecular weight is 436 g/mol. The molecule has 0 aliphatic rings. The molecular weight excluding hydrogens is 414 g/mol. The van der Waals surface area contributed by atoms with Crippen molar-refractivity contribution >= 4 is 40.1 Å². The van der Waals surface area contributed by atoms with Gasteiger partial charge < -0.3 is 0 Å². The number of aromatic nitrogens is 1. The molecule has 0 fully saturated rings. The molecule has 3 rings (SSSR count). The Morgan fingerprint density at radius 2 is 1.97 bits per heavy atom. The van der Waals surface area contributed by atoms with Crippen LogP contribution in [0, 0.1) is 11.3 Å². The van der Waals surface area contributed by atoms with Crippen LogP contribution in [0.1, 0.15) is 42.3 Å². The van der Waals surface area contributed by atoms with E-state index >= 15 is 0 Å². The number of benzene rings is 2. The third kappa shape index (κ3) is 5.79. The maximum Gasteiger partial charge on any atom is 0.268 e. The van der Waals surface area contributed by atoms with Crippen LogP contribution in [0.25, 0.3) is 6.08 Å². The van der Waals surface area contributed by atoms with E-state index in [0.29, 0.717) is 16.6 Å². The third-order valence-corrected chi connectivity index (χ3v) is 5.64. The third-order valence-electron chi connectivity index (χ3n) is 4.49. The summed E-state index contributed by atoms with van der Waals surface area (Å²) >= 11 is 7.41. The number of hydrogen-bond donors (Lipinski definition) is 1. The number of anilines is 1. The Balaban J connectivity index is 1.69. The molecule has 6 heteroatoms. The summed E-state index contributed by atoms with van der Waals surface area (Å²) in [6.07, 6.45) is 3.99. The molecule has 1 amide bonds. The van der Waals surface area contributed by atoms with Gasteiger partial charge in [-0.1, -0.05) is 68.8 Å². The largest absolute Gasteiger partial charge is 0.297 e. The highest BCUT2D eigenvalue weighted by Crippen LogP contribution is 2.24. The zero-order valence-corrected chi connectivity index (χ0v) is 18.6. The van der Waals surface area contributed by atoms with Gasteiger partial charge in [0.2, 0.25) is 0 Å². The van der Waals surface area contributed by atoms with Gasteiger partial charge >= 0.3 is 0 Å². The van der Waals surface area contributed by atoms with Crippen LogP contribution in [-0.2, 0) is 16.6 Å². The number of carbonyl (C=O) groups is 1. The van der Waals surface area contributed by atoms with Gasteiger partial charge in [-0.25, -0.2) is 4.98 Å². The maximum absolute atomic E-state index is 12.5. The minimum absolute atomic E-state index is 0.0325. The highest BCUT2D eigenvalue weighted by Gasteiger charge is 2.14. The van der Waals surface area contributed by atoms with Crippen LogP contribution in [0.3, 0.4) is 0 Å². The van der Waals surface area contributed by atoms with Crippen molar-refractivity contribution in [2.45, 2.75) is 32.6 Å². The zero-order chi connectivity index (χ0) is 21.7. The normalized spacial score (nSPS) is 11.8. The summed E-state index contributed by atoms with van der Waals surface area (Å²) in [5.74, 6) is -0.471. The molecular formula is C24H22ClN3OS. The van der Waals surface area contributed by atoms with Gasteiger partial charge in [-0.15, -0.1) is 11.3 Å². The number of carbonyl (C=O) groups excluding carboxylic acids is 1. The summed E-state index contributed by atoms with van der Waals surface area (Å²) < 4.78 is 0. The number of rotatable bonds is 5. The molecule has 4 nitrogen and oxygen atoms in total. The van der Waals surface area contributed by atoms with Gasteiger partial charge in [0.05, 0.1) is 0 Å². The number of hydrogen-bond acceptors (Lipinski definition) is 4. The van der Waals surface area contributed by atoms with Gasteiger partial charge in [-0.2, -0.15) is 5.26 Å². The molecule has 1 N–H and O–H groups in total. The molecule has 1 heterocycles. The number of nitrogens with zero attached hydrogens (tertiary/aromatic N) is 2. The molecule has 0 unspecified atom stereocenters. The van der Waals surface area contributed by atoms with Crippen LogP contribution >= 0.6 is 22.9 Å². The summed E-state index contributed by atoms with van der Waals surface area (Å²) in [5.41, 5.74) is 3.14. The SMILES string of the molecule is CC(C)(C)c1ccc(/C=C(\C#N)C(=O)Nc2ncc(Cc3cccc(Cl)c3)s2)cc1. The van der Waals surface area contributed by atoms with Gasteiger partial charge in [-0.3, -0.25) is 10.1 Å². The Morgan fingerprint density at radius 3 is 2.60 bits per heavy atom. The van der Waals surface area contributed by atoms with Crippen molar-refractivity contribution in [3.05, 3.63) is 86.9 Å². The lowest BCUT2D eigenvalue weighted by Gasteiger charge is -2.18. The minimum atomic E-state index is -0.471. The lowest BCUT2D eigenvalue weighted by molar-refractivity contribution is -0.112. The maximum atomic E-state index is 12.5. The fraction of sp³-hybridized carbons (Fsp3) is 0.208. The van der Waals surface area contributed by atoms with E-state index in [1.807, 2.05) is 54.6 Å². The first kappa shape index (κ1) is 21.8. The van der Waals surface area contributed by atoms with Crippen molar-refractivity contribution in [1.82, 2.24) is 4.98 Å². The van der Waals surface area contributed by atoms with Crippen molar-refractivity contribution < 1.29 is 4.79 Å². The summed E-state index contributed by atoms with van der Waals surface area (Å²) in [6, 6.07) is 17.5. The van der Waals surface area contributed by atoms with E-state index in [1.54, 1.807) is 12.3 Å². The van der Waals surface area contributed by atoms with Crippen LogP contribution < -0.4 is 5.32 Å². The fourth-order valence-corrected chi connectivity index (χ4v) is 3.91. The van der Waals surface area contributed by atoms with Crippen molar-refractivity contribution in [2.24, 2.45) is 0 Å². The molecule has 0 saturated heterocycles. The van der Waals surface area contributed by atoms with Gasteiger partial charge in [0.15, 0.2) is 5.13 Å². The Kier molecular flexibility index (Phi) is 6.71. The Bertz CT molecular complexity index is 1120. The van der Waals surface area contributed by atoms with Gasteiger partial charge in [0.25, 0.3) is 5.91 Å². The molecule has 0 bridgehead atoms. The number of nitriles is 1. The lowest BCUT2D eigenvalue weighted by Crippen LogP contribution is -2.13. The highest BCUT2D eigenvalue weighted by molar-refractivity contribution is 7.15. The Labute approximate surface area is 185 Å². The minimum Gasteiger partial charge on any atom is -0.297 e. The first-order chi connectivity index (χ1) is 14.2. The van der Waals surface area contributed by atoms with E-state index in [4.69, 9.17) is 11.6 Å². The summed E-state index contributed by atoms with van der Waals surface area (Å²) in [4.78, 5) is 17.8. The monoisotopic (exact) mass is 435 g/mol. The van der Waals surface area contributed by atoms with Gasteiger partial charge in [0, 0.05) is 22.5 Å². The number of nitrogens with one attached hydrogen (secondary N) is 1. The summed E-state index contributed by atoms with van der Waals surface area (Å²) in [6.45, 7) is 6.42. The molecule has 0 aliphatic carbocycles. The quantitative estimate of drug-likeness (QED) is 0.381. The van der Waals surface area contributed by atoms with Gasteiger partial charge in [0.1, 0.15) is 11.6 Å². The molecule has 30 heavy (non-hydrogen) atoms. The topological polar surface area (TPSA) is 65.8 Å². The molecule has 3 aromatic rings. The zero-order valence-electron chi connectivity index (χ0n) is 17.1. The van der Waals surface area contributed by atoms with E-state index in [-0.39, 0.29) is 11.0 Å². The van der Waals surface area contributed by atoms with Crippen molar-refractivity contribution in [3.63, 3.8) is 0 Å². The lowest BCUT2D eigenvalue weighted by atomic mass is 9.86. The summed E-state index contributed by atoms with van der Waals surface area (Å²) in [7, 11) is 0.